The van der Waals surface area contributed by atoms with Gasteiger partial charge in [0.1, 0.15) is 17.4 Å². The number of carbonyl (C=O) groups is 4. The maximum absolute atomic E-state index is 13.8. The fraction of sp³-hybridized carbons (Fsp3) is 0.477. The van der Waals surface area contributed by atoms with Gasteiger partial charge in [0.2, 0.25) is 11.8 Å². The van der Waals surface area contributed by atoms with E-state index in [9.17, 15) is 37.6 Å². The highest BCUT2D eigenvalue weighted by Gasteiger charge is 2.54. The molecule has 1 N–H and O–H groups in total. The van der Waals surface area contributed by atoms with E-state index in [0.29, 0.717) is 54.7 Å². The Hall–Kier alpha value is -4.91. The Labute approximate surface area is 357 Å². The van der Waals surface area contributed by atoms with Crippen LogP contribution in [0.25, 0.3) is 0 Å². The van der Waals surface area contributed by atoms with Crippen LogP contribution in [0.2, 0.25) is 5.02 Å². The van der Waals surface area contributed by atoms with Crippen molar-refractivity contribution >= 4 is 63.8 Å². The summed E-state index contributed by atoms with van der Waals surface area (Å²) in [6.07, 6.45) is 2.71. The number of aryl methyl sites for hydroxylation is 1. The number of aromatic nitrogens is 1. The molecule has 1 atom stereocenters. The molecule has 0 spiro atoms. The lowest BCUT2D eigenvalue weighted by Gasteiger charge is -2.37. The monoisotopic (exact) mass is 862 g/mol. The molecule has 3 aliphatic heterocycles. The highest BCUT2D eigenvalue weighted by atomic mass is 35.5. The second kappa shape index (κ2) is 16.9. The number of ketones is 1. The molecule has 1 aromatic heterocycles. The number of benzene rings is 2. The lowest BCUT2D eigenvalue weighted by atomic mass is 9.89. The Balaban J connectivity index is 0.932. The molecule has 3 aromatic rings. The zero-order valence-corrected chi connectivity index (χ0v) is 35.2. The number of hydrogen-bond donors (Lipinski definition) is 1. The summed E-state index contributed by atoms with van der Waals surface area (Å²) < 4.78 is 47.6. The Morgan fingerprint density at radius 2 is 1.77 bits per heavy atom. The SMILES string of the molecule is CCc1cc(N2C(=S)N(c3cnc(C#N)c(C(F)(F)F)c3)C(=O)C2(C)C)ccc1OCCC1CCN(C2(C(=O)Cc3cc(Cl)cc(CC4CCC(=O)NC4=O)c3)CC2)CC1. The van der Waals surface area contributed by atoms with Crippen molar-refractivity contribution < 1.29 is 37.1 Å². The predicted octanol–water partition coefficient (Wildman–Crippen LogP) is 7.53. The first-order chi connectivity index (χ1) is 28.4. The molecular formula is C44H46ClF3N6O5S. The summed E-state index contributed by atoms with van der Waals surface area (Å²) >= 11 is 12.2. The largest absolute Gasteiger partial charge is 0.493 e. The maximum atomic E-state index is 13.8. The number of rotatable bonds is 13. The van der Waals surface area contributed by atoms with Crippen LogP contribution < -0.4 is 19.9 Å². The van der Waals surface area contributed by atoms with Gasteiger partial charge in [-0.05, 0) is 150 Å². The number of alkyl halides is 3. The van der Waals surface area contributed by atoms with Gasteiger partial charge in [0.15, 0.2) is 16.6 Å². The van der Waals surface area contributed by atoms with Crippen molar-refractivity contribution in [2.45, 2.75) is 102 Å². The molecule has 11 nitrogen and oxygen atoms in total. The summed E-state index contributed by atoms with van der Waals surface area (Å²) in [7, 11) is 0. The normalized spacial score (nSPS) is 20.6. The number of pyridine rings is 1. The molecular weight excluding hydrogens is 817 g/mol. The number of thiocarbonyl (C=S) groups is 1. The molecule has 1 unspecified atom stereocenters. The molecule has 2 aromatic carbocycles. The average Bonchev–Trinajstić information content (AvgIpc) is 3.99. The van der Waals surface area contributed by atoms with Crippen LogP contribution in [-0.2, 0) is 44.6 Å². The van der Waals surface area contributed by atoms with Crippen molar-refractivity contribution in [1.82, 2.24) is 15.2 Å². The third-order valence-electron chi connectivity index (χ3n) is 12.4. The first-order valence-electron chi connectivity index (χ1n) is 20.3. The van der Waals surface area contributed by atoms with Gasteiger partial charge in [-0.25, -0.2) is 4.98 Å². The molecule has 16 heteroatoms. The molecule has 7 rings (SSSR count). The number of imide groups is 1. The van der Waals surface area contributed by atoms with Crippen LogP contribution in [0, 0.1) is 23.2 Å². The van der Waals surface area contributed by atoms with E-state index in [4.69, 9.17) is 28.6 Å². The van der Waals surface area contributed by atoms with E-state index < -0.39 is 34.4 Å². The summed E-state index contributed by atoms with van der Waals surface area (Å²) in [6, 6.07) is 13.3. The van der Waals surface area contributed by atoms with Gasteiger partial charge in [0, 0.05) is 29.5 Å². The fourth-order valence-corrected chi connectivity index (χ4v) is 9.64. The zero-order chi connectivity index (χ0) is 43.1. The number of piperidine rings is 2. The van der Waals surface area contributed by atoms with Gasteiger partial charge in [-0.2, -0.15) is 18.4 Å². The van der Waals surface area contributed by atoms with Crippen molar-refractivity contribution in [3.63, 3.8) is 0 Å². The van der Waals surface area contributed by atoms with Gasteiger partial charge in [-0.15, -0.1) is 0 Å². The molecule has 0 radical (unpaired) electrons. The Morgan fingerprint density at radius 1 is 1.05 bits per heavy atom. The maximum Gasteiger partial charge on any atom is 0.419 e. The predicted molar refractivity (Wildman–Crippen MR) is 223 cm³/mol. The number of nitriles is 1. The number of carbonyl (C=O) groups excluding carboxylic acids is 4. The minimum absolute atomic E-state index is 0.0120. The van der Waals surface area contributed by atoms with E-state index >= 15 is 0 Å². The topological polar surface area (TPSA) is 136 Å². The quantitative estimate of drug-likeness (QED) is 0.136. The Kier molecular flexibility index (Phi) is 12.1. The fourth-order valence-electron chi connectivity index (χ4n) is 8.84. The number of ether oxygens (including phenoxy) is 1. The standard InChI is InChI=1S/C44H46ClF3N6O5S/c1-4-29-22-32(54-41(60)53(40(58)42(54,2)3)33-23-34(44(46,47)48)35(24-49)50-25-33)6-7-36(29)59-16-11-26-9-14-52(15-10-26)43(12-13-43)37(55)21-28-17-27(19-31(45)20-28)18-30-5-8-38(56)51-39(30)57/h6-7,17,19-20,22-23,25-26,30H,4-5,8-16,18,21H2,1-3H3,(H,51,56,57). The molecule has 3 saturated heterocycles. The number of nitrogens with one attached hydrogen (secondary N) is 1. The number of likely N-dealkylation sites (tertiary alicyclic amines) is 1. The number of hydrogen-bond acceptors (Lipinski definition) is 9. The number of nitrogens with zero attached hydrogens (tertiary/aromatic N) is 5. The number of Topliss-reactive ketones (excluding diaryl/α,β-unsaturated/α-hetero) is 1. The molecule has 1 saturated carbocycles. The van der Waals surface area contributed by atoms with E-state index in [0.717, 1.165) is 79.0 Å². The average molecular weight is 863 g/mol. The first kappa shape index (κ1) is 43.2. The summed E-state index contributed by atoms with van der Waals surface area (Å²) in [5.41, 5.74) is -0.739. The van der Waals surface area contributed by atoms with Gasteiger partial charge in [-0.1, -0.05) is 24.6 Å². The van der Waals surface area contributed by atoms with Crippen LogP contribution in [0.3, 0.4) is 0 Å². The molecule has 316 valence electrons. The van der Waals surface area contributed by atoms with Gasteiger partial charge < -0.3 is 9.64 Å². The Morgan fingerprint density at radius 3 is 2.42 bits per heavy atom. The Bertz CT molecular complexity index is 2280. The molecule has 4 heterocycles. The summed E-state index contributed by atoms with van der Waals surface area (Å²) in [4.78, 5) is 60.1. The van der Waals surface area contributed by atoms with Crippen molar-refractivity contribution in [3.05, 3.63) is 81.6 Å². The van der Waals surface area contributed by atoms with Gasteiger partial charge in [-0.3, -0.25) is 34.3 Å². The molecule has 4 aliphatic rings. The highest BCUT2D eigenvalue weighted by Crippen LogP contribution is 2.46. The highest BCUT2D eigenvalue weighted by molar-refractivity contribution is 7.81. The van der Waals surface area contributed by atoms with Crippen molar-refractivity contribution in [2.24, 2.45) is 11.8 Å². The molecule has 3 amide bonds. The molecule has 4 fully saturated rings. The van der Waals surface area contributed by atoms with E-state index in [1.54, 1.807) is 24.8 Å². The second-order valence-electron chi connectivity index (χ2n) is 16.7. The molecule has 0 bridgehead atoms. The van der Waals surface area contributed by atoms with Crippen molar-refractivity contribution in [3.8, 4) is 11.8 Å². The third kappa shape index (κ3) is 8.64. The van der Waals surface area contributed by atoms with Crippen LogP contribution in [-0.4, -0.2) is 69.3 Å². The minimum Gasteiger partial charge on any atom is -0.493 e. The van der Waals surface area contributed by atoms with E-state index in [1.807, 2.05) is 37.3 Å². The summed E-state index contributed by atoms with van der Waals surface area (Å²) in [5, 5.41) is 12.1. The summed E-state index contributed by atoms with van der Waals surface area (Å²) in [6.45, 7) is 7.40. The number of anilines is 2. The van der Waals surface area contributed by atoms with Gasteiger partial charge >= 0.3 is 6.18 Å². The van der Waals surface area contributed by atoms with E-state index in [1.165, 1.54) is 6.07 Å². The molecule has 1 aliphatic carbocycles. The smallest absolute Gasteiger partial charge is 0.419 e. The van der Waals surface area contributed by atoms with Crippen LogP contribution in [0.4, 0.5) is 24.5 Å². The van der Waals surface area contributed by atoms with Crippen LogP contribution in [0.1, 0.15) is 93.7 Å². The summed E-state index contributed by atoms with van der Waals surface area (Å²) in [5.74, 6) is -0.0541. The third-order valence-corrected chi connectivity index (χ3v) is 12.9. The second-order valence-corrected chi connectivity index (χ2v) is 17.5. The van der Waals surface area contributed by atoms with E-state index in [2.05, 4.69) is 15.2 Å². The van der Waals surface area contributed by atoms with Gasteiger partial charge in [0.05, 0.1) is 29.6 Å². The first-order valence-corrected chi connectivity index (χ1v) is 21.1. The van der Waals surface area contributed by atoms with Crippen LogP contribution in [0.5, 0.6) is 5.75 Å². The number of amides is 3. The van der Waals surface area contributed by atoms with Crippen molar-refractivity contribution in [2.75, 3.05) is 29.5 Å². The van der Waals surface area contributed by atoms with Gasteiger partial charge in [0.25, 0.3) is 5.91 Å². The van der Waals surface area contributed by atoms with Crippen LogP contribution >= 0.6 is 23.8 Å². The van der Waals surface area contributed by atoms with Crippen molar-refractivity contribution in [1.29, 1.82) is 5.26 Å². The zero-order valence-electron chi connectivity index (χ0n) is 33.7. The lowest BCUT2D eigenvalue weighted by molar-refractivity contribution is -0.138. The minimum atomic E-state index is -4.85. The lowest BCUT2D eigenvalue weighted by Crippen LogP contribution is -2.48. The van der Waals surface area contributed by atoms with E-state index in [-0.39, 0.29) is 40.7 Å². The molecule has 60 heavy (non-hydrogen) atoms. The van der Waals surface area contributed by atoms with Crippen LogP contribution in [0.15, 0.2) is 48.7 Å². The number of halogens is 4.